The van der Waals surface area contributed by atoms with Crippen molar-refractivity contribution in [1.29, 1.82) is 0 Å². The van der Waals surface area contributed by atoms with Gasteiger partial charge in [0.1, 0.15) is 5.82 Å². The fourth-order valence-electron chi connectivity index (χ4n) is 4.84. The third-order valence-corrected chi connectivity index (χ3v) is 6.45. The normalized spacial score (nSPS) is 17.7. The number of aromatic nitrogens is 3. The van der Waals surface area contributed by atoms with Gasteiger partial charge in [-0.3, -0.25) is 0 Å². The number of ether oxygens (including phenoxy) is 2. The lowest BCUT2D eigenvalue weighted by Crippen LogP contribution is -2.60. The fourth-order valence-corrected chi connectivity index (χ4v) is 4.84. The van der Waals surface area contributed by atoms with Gasteiger partial charge in [0.2, 0.25) is 0 Å². The predicted molar refractivity (Wildman–Crippen MR) is 119 cm³/mol. The summed E-state index contributed by atoms with van der Waals surface area (Å²) < 4.78 is 26.0. The highest BCUT2D eigenvalue weighted by molar-refractivity contribution is 5.99. The van der Waals surface area contributed by atoms with Crippen molar-refractivity contribution in [2.75, 3.05) is 38.3 Å². The molecule has 0 unspecified atom stereocenters. The van der Waals surface area contributed by atoms with Gasteiger partial charge in [0.25, 0.3) is 0 Å². The zero-order valence-corrected chi connectivity index (χ0v) is 18.6. The van der Waals surface area contributed by atoms with E-state index in [0.29, 0.717) is 11.3 Å². The van der Waals surface area contributed by atoms with E-state index in [4.69, 9.17) is 14.6 Å². The molecule has 1 aromatic carbocycles. The van der Waals surface area contributed by atoms with Gasteiger partial charge >= 0.3 is 5.97 Å². The average Bonchev–Trinajstić information content (AvgIpc) is 3.17. The summed E-state index contributed by atoms with van der Waals surface area (Å²) in [5.74, 6) is -0.682. The minimum absolute atomic E-state index is 0.136. The van der Waals surface area contributed by atoms with Gasteiger partial charge in [-0.15, -0.1) is 0 Å². The molecular weight excluding hydrogens is 411 g/mol. The lowest BCUT2D eigenvalue weighted by Gasteiger charge is -2.53. The van der Waals surface area contributed by atoms with Crippen molar-refractivity contribution >= 4 is 22.7 Å². The Labute approximate surface area is 186 Å². The zero-order valence-electron chi connectivity index (χ0n) is 18.6. The van der Waals surface area contributed by atoms with Crippen LogP contribution in [0.25, 0.3) is 16.7 Å². The van der Waals surface area contributed by atoms with Crippen molar-refractivity contribution in [1.82, 2.24) is 14.8 Å². The number of carbonyl (C=O) groups is 1. The van der Waals surface area contributed by atoms with E-state index in [1.165, 1.54) is 19.2 Å². The highest BCUT2D eigenvalue weighted by Crippen LogP contribution is 2.44. The van der Waals surface area contributed by atoms with E-state index in [2.05, 4.69) is 23.7 Å². The van der Waals surface area contributed by atoms with E-state index in [0.717, 1.165) is 55.9 Å². The largest absolute Gasteiger partial charge is 0.464 e. The quantitative estimate of drug-likeness (QED) is 0.572. The number of hydrogen-bond acceptors (Lipinski definition) is 6. The first-order chi connectivity index (χ1) is 15.4. The Morgan fingerprint density at radius 2 is 2.00 bits per heavy atom. The molecule has 4 heterocycles. The Bertz CT molecular complexity index is 1160. The number of hydrogen-bond donors (Lipinski definition) is 0. The summed E-state index contributed by atoms with van der Waals surface area (Å²) in [5.41, 5.74) is 3.48. The molecule has 1 spiro atoms. The molecule has 32 heavy (non-hydrogen) atoms. The molecule has 2 aliphatic heterocycles. The van der Waals surface area contributed by atoms with Gasteiger partial charge < -0.3 is 14.4 Å². The molecule has 8 heteroatoms. The molecule has 3 aromatic rings. The van der Waals surface area contributed by atoms with E-state index in [-0.39, 0.29) is 22.8 Å². The molecule has 0 saturated carbocycles. The van der Waals surface area contributed by atoms with Gasteiger partial charge in [-0.1, -0.05) is 13.8 Å². The maximum Gasteiger partial charge on any atom is 0.356 e. The van der Waals surface area contributed by atoms with E-state index in [1.54, 1.807) is 16.8 Å². The van der Waals surface area contributed by atoms with Gasteiger partial charge in [-0.2, -0.15) is 5.10 Å². The first-order valence-electron chi connectivity index (χ1n) is 11.0. The van der Waals surface area contributed by atoms with Gasteiger partial charge in [-0.25, -0.2) is 18.9 Å². The Morgan fingerprint density at radius 3 is 2.62 bits per heavy atom. The molecule has 168 valence electrons. The van der Waals surface area contributed by atoms with Crippen LogP contribution in [0, 0.1) is 11.2 Å². The third-order valence-electron chi connectivity index (χ3n) is 6.45. The number of benzene rings is 1. The lowest BCUT2D eigenvalue weighted by molar-refractivity contribution is -0.0233. The summed E-state index contributed by atoms with van der Waals surface area (Å²) in [4.78, 5) is 19.4. The minimum atomic E-state index is -0.498. The summed E-state index contributed by atoms with van der Waals surface area (Å²) in [5, 5.41) is 5.77. The number of esters is 1. The lowest BCUT2D eigenvalue weighted by atomic mass is 9.75. The Morgan fingerprint density at radius 1 is 1.25 bits per heavy atom. The maximum atomic E-state index is 13.5. The highest BCUT2D eigenvalue weighted by Gasteiger charge is 2.45. The van der Waals surface area contributed by atoms with Crippen molar-refractivity contribution in [3.63, 3.8) is 0 Å². The Hall–Kier alpha value is -3.00. The number of halogens is 1. The van der Waals surface area contributed by atoms with Crippen LogP contribution in [0.15, 0.2) is 30.3 Å². The molecule has 2 saturated heterocycles. The van der Waals surface area contributed by atoms with Crippen molar-refractivity contribution in [2.45, 2.75) is 32.6 Å². The van der Waals surface area contributed by atoms with Crippen LogP contribution < -0.4 is 4.90 Å². The molecular formula is C24H27FN4O3. The van der Waals surface area contributed by atoms with Crippen LogP contribution in [0.5, 0.6) is 0 Å². The number of pyridine rings is 1. The molecule has 2 aliphatic rings. The first-order valence-corrected chi connectivity index (χ1v) is 11.0. The molecule has 0 amide bonds. The van der Waals surface area contributed by atoms with E-state index < -0.39 is 5.97 Å². The second-order valence-electron chi connectivity index (χ2n) is 9.16. The molecule has 0 bridgehead atoms. The van der Waals surface area contributed by atoms with Crippen LogP contribution >= 0.6 is 0 Å². The molecule has 7 nitrogen and oxygen atoms in total. The third kappa shape index (κ3) is 3.43. The van der Waals surface area contributed by atoms with Crippen molar-refractivity contribution in [2.24, 2.45) is 5.41 Å². The number of fused-ring (bicyclic) bond motifs is 1. The number of rotatable bonds is 4. The monoisotopic (exact) mass is 438 g/mol. The summed E-state index contributed by atoms with van der Waals surface area (Å²) in [6, 6.07) is 7.93. The standard InChI is InChI=1S/C24H27FN4O3/c1-15(2)21-20-19(28-12-24(13-28)9-4-10-32-14-24)11-18(23(30)31-3)26-22(20)29(27-21)17-7-5-16(25)6-8-17/h5-8,11,15H,4,9-10,12-14H2,1-3H3. The van der Waals surface area contributed by atoms with Crippen molar-refractivity contribution in [3.05, 3.63) is 47.5 Å². The number of nitrogens with zero attached hydrogens (tertiary/aromatic N) is 4. The average molecular weight is 439 g/mol. The Balaban J connectivity index is 1.68. The first kappa shape index (κ1) is 20.9. The number of methoxy groups -OCH3 is 1. The van der Waals surface area contributed by atoms with E-state index >= 15 is 0 Å². The molecule has 0 aliphatic carbocycles. The van der Waals surface area contributed by atoms with Crippen LogP contribution in [0.3, 0.4) is 0 Å². The van der Waals surface area contributed by atoms with Crippen LogP contribution in [-0.2, 0) is 9.47 Å². The molecule has 0 atom stereocenters. The summed E-state index contributed by atoms with van der Waals surface area (Å²) in [6.07, 6.45) is 2.22. The van der Waals surface area contributed by atoms with Crippen LogP contribution in [0.2, 0.25) is 0 Å². The topological polar surface area (TPSA) is 69.5 Å². The van der Waals surface area contributed by atoms with Gasteiger partial charge in [0, 0.05) is 25.1 Å². The SMILES string of the molecule is COC(=O)c1cc(N2CC3(CCCOC3)C2)c2c(C(C)C)nn(-c3ccc(F)cc3)c2n1. The van der Waals surface area contributed by atoms with E-state index in [1.807, 2.05) is 6.07 Å². The predicted octanol–water partition coefficient (Wildman–Crippen LogP) is 4.09. The molecule has 0 radical (unpaired) electrons. The van der Waals surface area contributed by atoms with Crippen molar-refractivity contribution in [3.8, 4) is 5.69 Å². The van der Waals surface area contributed by atoms with E-state index in [9.17, 15) is 9.18 Å². The Kier molecular flexibility index (Phi) is 5.12. The van der Waals surface area contributed by atoms with Crippen LogP contribution in [-0.4, -0.2) is 54.1 Å². The van der Waals surface area contributed by atoms with Gasteiger partial charge in [-0.05, 0) is 49.1 Å². The molecule has 2 aromatic heterocycles. The number of anilines is 1. The second kappa shape index (κ2) is 7.85. The minimum Gasteiger partial charge on any atom is -0.464 e. The maximum absolute atomic E-state index is 13.5. The van der Waals surface area contributed by atoms with Gasteiger partial charge in [0.15, 0.2) is 11.3 Å². The fraction of sp³-hybridized carbons (Fsp3) is 0.458. The van der Waals surface area contributed by atoms with Gasteiger partial charge in [0.05, 0.1) is 36.2 Å². The summed E-state index contributed by atoms with van der Waals surface area (Å²) >= 11 is 0. The summed E-state index contributed by atoms with van der Waals surface area (Å²) in [7, 11) is 1.35. The van der Waals surface area contributed by atoms with Crippen LogP contribution in [0.4, 0.5) is 10.1 Å². The number of carbonyl (C=O) groups excluding carboxylic acids is 1. The van der Waals surface area contributed by atoms with Crippen molar-refractivity contribution < 1.29 is 18.7 Å². The molecule has 5 rings (SSSR count). The molecule has 0 N–H and O–H groups in total. The van der Waals surface area contributed by atoms with Crippen LogP contribution in [0.1, 0.15) is 48.8 Å². The molecule has 2 fully saturated rings. The zero-order chi connectivity index (χ0) is 22.5. The highest BCUT2D eigenvalue weighted by atomic mass is 19.1. The second-order valence-corrected chi connectivity index (χ2v) is 9.16. The smallest absolute Gasteiger partial charge is 0.356 e. The summed E-state index contributed by atoms with van der Waals surface area (Å²) in [6.45, 7) is 7.50.